The number of anilines is 4. The van der Waals surface area contributed by atoms with Crippen molar-refractivity contribution < 1.29 is 22.4 Å². The molecule has 283 valence electrons. The molecule has 0 bridgehead atoms. The van der Waals surface area contributed by atoms with Gasteiger partial charge >= 0.3 is 0 Å². The van der Waals surface area contributed by atoms with Gasteiger partial charge < -0.3 is 14.8 Å². The first-order valence-corrected chi connectivity index (χ1v) is 19.3. The van der Waals surface area contributed by atoms with Gasteiger partial charge in [0.1, 0.15) is 0 Å². The third-order valence-electron chi connectivity index (χ3n) is 10.9. The van der Waals surface area contributed by atoms with Gasteiger partial charge in [0.05, 0.1) is 0 Å². The number of hydrogen-bond donors (Lipinski definition) is 0. The first-order chi connectivity index (χ1) is 24.6. The van der Waals surface area contributed by atoms with Crippen LogP contribution in [0, 0.1) is 48.2 Å². The van der Waals surface area contributed by atoms with Crippen molar-refractivity contribution in [3.63, 3.8) is 0 Å². The van der Waals surface area contributed by atoms with Crippen molar-refractivity contribution in [1.82, 2.24) is 4.98 Å². The molecule has 0 fully saturated rings. The Hall–Kier alpha value is -3.76. The fourth-order valence-electron chi connectivity index (χ4n) is 8.09. The summed E-state index contributed by atoms with van der Waals surface area (Å²) in [7, 11) is 0. The summed E-state index contributed by atoms with van der Waals surface area (Å²) in [6, 6.07) is 27.4. The van der Waals surface area contributed by atoms with E-state index >= 15 is 0 Å². The third-order valence-corrected chi connectivity index (χ3v) is 10.9. The average molecular weight is 887 g/mol. The number of fused-ring (bicyclic) bond motifs is 4. The number of nitrogens with zero attached hydrogens (tertiary/aromatic N) is 3. The van der Waals surface area contributed by atoms with Crippen LogP contribution in [0.2, 0.25) is 0 Å². The zero-order valence-corrected chi connectivity index (χ0v) is 36.6. The monoisotopic (exact) mass is 886 g/mol. The maximum atomic E-state index is 4.80. The smallest absolute Gasteiger partial charge is 0.0348 e. The first-order valence-electron chi connectivity index (χ1n) is 19.3. The number of aromatic nitrogens is 1. The molecular weight excluding hydrogens is 828 g/mol. The zero-order valence-electron chi connectivity index (χ0n) is 34.5. The van der Waals surface area contributed by atoms with Gasteiger partial charge in [-0.2, -0.15) is 0 Å². The third kappa shape index (κ3) is 7.63. The van der Waals surface area contributed by atoms with E-state index in [1.165, 1.54) is 89.2 Å². The van der Waals surface area contributed by atoms with Crippen LogP contribution in [0.25, 0.3) is 21.8 Å². The molecule has 0 amide bonds. The summed E-state index contributed by atoms with van der Waals surface area (Å²) in [5, 5.41) is 2.59. The summed E-state index contributed by atoms with van der Waals surface area (Å²) in [6.45, 7) is 33.9. The maximum absolute atomic E-state index is 4.80. The molecule has 1 aliphatic heterocycles. The predicted octanol–water partition coefficient (Wildman–Crippen LogP) is 14.4. The van der Waals surface area contributed by atoms with E-state index in [0.717, 1.165) is 11.0 Å². The normalized spacial score (nSPS) is 12.7. The second-order valence-corrected chi connectivity index (χ2v) is 16.5. The van der Waals surface area contributed by atoms with E-state index in [0.29, 0.717) is 23.7 Å². The molecule has 53 heavy (non-hydrogen) atoms. The van der Waals surface area contributed by atoms with Crippen LogP contribution in [-0.2, 0) is 22.4 Å². The molecule has 6 aromatic rings. The van der Waals surface area contributed by atoms with Gasteiger partial charge in [-0.25, -0.2) is 0 Å². The van der Waals surface area contributed by atoms with Crippen LogP contribution in [0.15, 0.2) is 72.8 Å². The molecule has 1 aliphatic rings. The van der Waals surface area contributed by atoms with Gasteiger partial charge in [-0.15, -0.1) is 17.7 Å². The van der Waals surface area contributed by atoms with E-state index in [9.17, 15) is 0 Å². The Morgan fingerprint density at radius 3 is 1.08 bits per heavy atom. The molecule has 0 saturated carbocycles. The van der Waals surface area contributed by atoms with Crippen LogP contribution >= 0.6 is 0 Å². The number of benzene rings is 5. The maximum Gasteiger partial charge on any atom is 0.0348 e. The minimum Gasteiger partial charge on any atom is -0.656 e. The second kappa shape index (κ2) is 15.9. The van der Waals surface area contributed by atoms with Crippen LogP contribution in [0.4, 0.5) is 22.7 Å². The predicted molar refractivity (Wildman–Crippen MR) is 227 cm³/mol. The van der Waals surface area contributed by atoms with Crippen molar-refractivity contribution in [1.29, 1.82) is 0 Å². The van der Waals surface area contributed by atoms with E-state index in [-0.39, 0.29) is 22.4 Å². The van der Waals surface area contributed by atoms with Crippen LogP contribution in [0.3, 0.4) is 0 Å². The molecule has 1 radical (unpaired) electrons. The fraction of sp³-hybridized carbons (Fsp3) is 0.367. The minimum atomic E-state index is 0. The van der Waals surface area contributed by atoms with Crippen molar-refractivity contribution in [3.05, 3.63) is 135 Å². The summed E-state index contributed by atoms with van der Waals surface area (Å²) in [6.07, 6.45) is 0. The van der Waals surface area contributed by atoms with E-state index in [1.807, 2.05) is 0 Å². The SMILES string of the molecule is Cc1cc(C)c2[n-]c3c(C)cc(C)cc3c2c1.Cc1cc2c(cc1C)N(c1c(C(C)C)cccc1C(C)C)[CH-]N2c1c(C(C)C)cccc1C(C)C.[Au]. The molecule has 2 heterocycles. The molecule has 0 unspecified atom stereocenters. The Morgan fingerprint density at radius 1 is 0.453 bits per heavy atom. The van der Waals surface area contributed by atoms with Gasteiger partial charge in [-0.1, -0.05) is 138 Å². The molecule has 3 nitrogen and oxygen atoms in total. The van der Waals surface area contributed by atoms with Crippen LogP contribution < -0.4 is 14.8 Å². The van der Waals surface area contributed by atoms with Gasteiger partial charge in [-0.05, 0) is 121 Å². The van der Waals surface area contributed by atoms with Crippen molar-refractivity contribution >= 4 is 44.6 Å². The van der Waals surface area contributed by atoms with Gasteiger partial charge in [0, 0.05) is 45.1 Å². The zero-order chi connectivity index (χ0) is 37.8. The number of hydrogen-bond acceptors (Lipinski definition) is 2. The van der Waals surface area contributed by atoms with Gasteiger partial charge in [0.15, 0.2) is 0 Å². The molecule has 5 aromatic carbocycles. The summed E-state index contributed by atoms with van der Waals surface area (Å²) < 4.78 is 0. The Morgan fingerprint density at radius 2 is 0.774 bits per heavy atom. The molecule has 0 aliphatic carbocycles. The van der Waals surface area contributed by atoms with E-state index in [4.69, 9.17) is 4.98 Å². The standard InChI is InChI=1S/C33H43N2.C16H16N.Au/c1-20(2)26-13-11-14-27(21(3)4)32(26)34-19-35(31-18-25(10)24(9)17-30(31)34)33-28(22(5)6)15-12-16-29(33)23(7)8;1-9-5-11(3)15-13(7-9)14-8-10(2)6-12(4)16(14)17-15;/h11-23H,1-10H3;5-8H,1-4H3;/q2*-1;. The van der Waals surface area contributed by atoms with Crippen LogP contribution in [0.1, 0.15) is 135 Å². The van der Waals surface area contributed by atoms with Crippen molar-refractivity contribution in [2.24, 2.45) is 0 Å². The van der Waals surface area contributed by atoms with Crippen LogP contribution in [0.5, 0.6) is 0 Å². The Labute approximate surface area is 335 Å². The summed E-state index contributed by atoms with van der Waals surface area (Å²) in [4.78, 5) is 9.76. The van der Waals surface area contributed by atoms with E-state index in [2.05, 4.69) is 186 Å². The van der Waals surface area contributed by atoms with Gasteiger partial charge in [0.2, 0.25) is 0 Å². The van der Waals surface area contributed by atoms with Crippen molar-refractivity contribution in [2.45, 2.75) is 121 Å². The summed E-state index contributed by atoms with van der Waals surface area (Å²) in [5.74, 6) is 1.76. The average Bonchev–Trinajstić information content (AvgIpc) is 3.62. The van der Waals surface area contributed by atoms with Crippen molar-refractivity contribution in [3.8, 4) is 0 Å². The van der Waals surface area contributed by atoms with Crippen molar-refractivity contribution in [2.75, 3.05) is 9.80 Å². The Balaban J connectivity index is 0.000000251. The molecule has 1 aromatic heterocycles. The first kappa shape index (κ1) is 40.4. The Bertz CT molecular complexity index is 2060. The summed E-state index contributed by atoms with van der Waals surface area (Å²) in [5.41, 5.74) is 21.0. The summed E-state index contributed by atoms with van der Waals surface area (Å²) >= 11 is 0. The Kier molecular flexibility index (Phi) is 12.1. The van der Waals surface area contributed by atoms with Crippen LogP contribution in [-0.4, -0.2) is 0 Å². The number of para-hydroxylation sites is 2. The second-order valence-electron chi connectivity index (χ2n) is 16.5. The van der Waals surface area contributed by atoms with Gasteiger partial charge in [0.25, 0.3) is 0 Å². The molecule has 0 atom stereocenters. The molecule has 7 rings (SSSR count). The molecule has 4 heteroatoms. The number of rotatable bonds is 6. The van der Waals surface area contributed by atoms with Gasteiger partial charge in [-0.3, -0.25) is 0 Å². The molecule has 0 N–H and O–H groups in total. The quantitative estimate of drug-likeness (QED) is 0.123. The minimum absolute atomic E-state index is 0. The molecule has 0 saturated heterocycles. The topological polar surface area (TPSA) is 20.6 Å². The fourth-order valence-corrected chi connectivity index (χ4v) is 8.09. The molecule has 0 spiro atoms. The number of aryl methyl sites for hydroxylation is 6. The van der Waals surface area contributed by atoms with E-state index < -0.39 is 0 Å². The largest absolute Gasteiger partial charge is 0.656 e. The molecular formula is C49H59AuN3-2. The van der Waals surface area contributed by atoms with E-state index in [1.54, 1.807) is 0 Å².